The Balaban J connectivity index is 1.98. The molecule has 0 aromatic heterocycles. The van der Waals surface area contributed by atoms with Crippen LogP contribution in [0, 0.1) is 11.8 Å². The predicted molar refractivity (Wildman–Crippen MR) is 125 cm³/mol. The molecule has 2 rings (SSSR count). The van der Waals surface area contributed by atoms with Gasteiger partial charge in [0.1, 0.15) is 18.4 Å². The highest BCUT2D eigenvalue weighted by Gasteiger charge is 2.22. The third-order valence-electron chi connectivity index (χ3n) is 4.87. The van der Waals surface area contributed by atoms with Crippen LogP contribution in [0.5, 0.6) is 5.75 Å². The molecule has 34 heavy (non-hydrogen) atoms. The molecular weight excluding hydrogens is 438 g/mol. The Kier molecular flexibility index (Phi) is 11.1. The summed E-state index contributed by atoms with van der Waals surface area (Å²) in [6.45, 7) is 0.650. The average Bonchev–Trinajstić information content (AvgIpc) is 2.87. The highest BCUT2D eigenvalue weighted by atomic mass is 16.5. The summed E-state index contributed by atoms with van der Waals surface area (Å²) < 4.78 is 10.0. The van der Waals surface area contributed by atoms with Gasteiger partial charge in [0.05, 0.1) is 7.11 Å². The Labute approximate surface area is 198 Å². The number of rotatable bonds is 11. The number of methoxy groups -OCH3 is 2. The summed E-state index contributed by atoms with van der Waals surface area (Å²) in [4.78, 5) is 36.9. The molecule has 9 heteroatoms. The Morgan fingerprint density at radius 3 is 2.35 bits per heavy atom. The van der Waals surface area contributed by atoms with E-state index in [2.05, 4.69) is 22.5 Å². The van der Waals surface area contributed by atoms with Gasteiger partial charge >= 0.3 is 0 Å². The second-order valence-electron chi connectivity index (χ2n) is 7.30. The molecule has 1 unspecified atom stereocenters. The van der Waals surface area contributed by atoms with E-state index in [4.69, 9.17) is 14.7 Å². The zero-order valence-electron chi connectivity index (χ0n) is 19.2. The maximum atomic E-state index is 12.7. The van der Waals surface area contributed by atoms with Gasteiger partial charge in [-0.25, -0.2) is 5.48 Å². The van der Waals surface area contributed by atoms with E-state index in [0.717, 1.165) is 16.9 Å². The van der Waals surface area contributed by atoms with Crippen molar-refractivity contribution in [1.82, 2.24) is 16.1 Å². The summed E-state index contributed by atoms with van der Waals surface area (Å²) >= 11 is 0. The lowest BCUT2D eigenvalue weighted by Crippen LogP contribution is -2.47. The van der Waals surface area contributed by atoms with Crippen molar-refractivity contribution in [2.75, 3.05) is 27.4 Å². The number of hydroxylamine groups is 1. The number of amides is 3. The Hall–Kier alpha value is -3.87. The third-order valence-corrected chi connectivity index (χ3v) is 4.87. The first kappa shape index (κ1) is 26.4. The molecule has 0 heterocycles. The fourth-order valence-electron chi connectivity index (χ4n) is 3.00. The molecule has 0 saturated heterocycles. The zero-order chi connectivity index (χ0) is 24.8. The molecule has 0 aliphatic heterocycles. The van der Waals surface area contributed by atoms with Crippen LogP contribution in [-0.4, -0.2) is 56.3 Å². The van der Waals surface area contributed by atoms with Crippen molar-refractivity contribution in [3.63, 3.8) is 0 Å². The van der Waals surface area contributed by atoms with Gasteiger partial charge in [0, 0.05) is 31.2 Å². The van der Waals surface area contributed by atoms with Crippen LogP contribution in [0.1, 0.15) is 34.3 Å². The highest BCUT2D eigenvalue weighted by Crippen LogP contribution is 2.11. The average molecular weight is 468 g/mol. The number of hydrogen-bond acceptors (Lipinski definition) is 6. The molecule has 0 saturated carbocycles. The zero-order valence-corrected chi connectivity index (χ0v) is 19.2. The van der Waals surface area contributed by atoms with Crippen LogP contribution in [0.2, 0.25) is 0 Å². The van der Waals surface area contributed by atoms with Crippen molar-refractivity contribution in [2.45, 2.75) is 25.3 Å². The number of nitrogens with one attached hydrogen (secondary N) is 3. The van der Waals surface area contributed by atoms with Crippen LogP contribution < -0.4 is 20.9 Å². The van der Waals surface area contributed by atoms with Gasteiger partial charge in [0.25, 0.3) is 5.91 Å². The molecule has 9 nitrogen and oxygen atoms in total. The summed E-state index contributed by atoms with van der Waals surface area (Å²) in [6.07, 6.45) is 0.466. The second-order valence-corrected chi connectivity index (χ2v) is 7.30. The fourth-order valence-corrected chi connectivity index (χ4v) is 3.00. The van der Waals surface area contributed by atoms with Crippen molar-refractivity contribution in [1.29, 1.82) is 0 Å². The second kappa shape index (κ2) is 14.3. The van der Waals surface area contributed by atoms with Crippen LogP contribution in [0.4, 0.5) is 0 Å². The number of ether oxygens (including phenoxy) is 2. The van der Waals surface area contributed by atoms with Crippen LogP contribution in [0.15, 0.2) is 48.5 Å². The van der Waals surface area contributed by atoms with Gasteiger partial charge in [-0.1, -0.05) is 24.0 Å². The van der Waals surface area contributed by atoms with Gasteiger partial charge in [-0.2, -0.15) is 0 Å². The predicted octanol–water partition coefficient (Wildman–Crippen LogP) is 1.44. The van der Waals surface area contributed by atoms with Gasteiger partial charge < -0.3 is 20.1 Å². The molecule has 0 spiro atoms. The maximum Gasteiger partial charge on any atom is 0.251 e. The molecule has 1 atom stereocenters. The lowest BCUT2D eigenvalue weighted by Gasteiger charge is -2.18. The Morgan fingerprint density at radius 1 is 1.03 bits per heavy atom. The number of carbonyl (C=O) groups is 3. The van der Waals surface area contributed by atoms with Crippen LogP contribution in [-0.2, 0) is 20.7 Å². The molecule has 2 aromatic rings. The Bertz CT molecular complexity index is 1010. The van der Waals surface area contributed by atoms with Gasteiger partial charge in [0.15, 0.2) is 0 Å². The number of carbonyl (C=O) groups excluding carboxylic acids is 3. The molecule has 0 fully saturated rings. The summed E-state index contributed by atoms with van der Waals surface area (Å²) in [5.41, 5.74) is 3.61. The summed E-state index contributed by atoms with van der Waals surface area (Å²) in [6, 6.07) is 13.1. The largest absolute Gasteiger partial charge is 0.497 e. The van der Waals surface area contributed by atoms with Crippen molar-refractivity contribution >= 4 is 17.7 Å². The summed E-state index contributed by atoms with van der Waals surface area (Å²) in [5, 5.41) is 14.2. The van der Waals surface area contributed by atoms with Crippen LogP contribution in [0.25, 0.3) is 0 Å². The first-order valence-electron chi connectivity index (χ1n) is 10.7. The third kappa shape index (κ3) is 8.94. The minimum atomic E-state index is -0.957. The first-order chi connectivity index (χ1) is 16.5. The molecule has 3 amide bonds. The van der Waals surface area contributed by atoms with E-state index < -0.39 is 23.8 Å². The van der Waals surface area contributed by atoms with E-state index in [0.29, 0.717) is 25.1 Å². The minimum absolute atomic E-state index is 0.0209. The molecule has 0 aliphatic carbocycles. The van der Waals surface area contributed by atoms with E-state index in [1.54, 1.807) is 38.5 Å². The molecule has 4 N–H and O–H groups in total. The van der Waals surface area contributed by atoms with E-state index in [9.17, 15) is 14.4 Å². The van der Waals surface area contributed by atoms with Crippen LogP contribution >= 0.6 is 0 Å². The van der Waals surface area contributed by atoms with Gasteiger partial charge in [-0.3, -0.25) is 19.6 Å². The highest BCUT2D eigenvalue weighted by molar-refractivity contribution is 5.97. The van der Waals surface area contributed by atoms with Gasteiger partial charge in [0.2, 0.25) is 11.8 Å². The van der Waals surface area contributed by atoms with E-state index in [1.807, 2.05) is 24.3 Å². The smallest absolute Gasteiger partial charge is 0.251 e. The van der Waals surface area contributed by atoms with E-state index in [-0.39, 0.29) is 12.8 Å². The maximum absolute atomic E-state index is 12.7. The normalized spacial score (nSPS) is 10.9. The first-order valence-corrected chi connectivity index (χ1v) is 10.7. The Morgan fingerprint density at radius 2 is 1.74 bits per heavy atom. The molecule has 0 bridgehead atoms. The quantitative estimate of drug-likeness (QED) is 0.225. The number of hydrogen-bond donors (Lipinski definition) is 4. The summed E-state index contributed by atoms with van der Waals surface area (Å²) in [7, 11) is 3.14. The molecule has 180 valence electrons. The van der Waals surface area contributed by atoms with Crippen LogP contribution in [0.3, 0.4) is 0 Å². The minimum Gasteiger partial charge on any atom is -0.497 e. The van der Waals surface area contributed by atoms with Gasteiger partial charge in [-0.05, 0) is 54.8 Å². The lowest BCUT2D eigenvalue weighted by molar-refractivity contribution is -0.129. The lowest BCUT2D eigenvalue weighted by atomic mass is 10.1. The summed E-state index contributed by atoms with van der Waals surface area (Å²) in [5.74, 6) is 4.94. The van der Waals surface area contributed by atoms with Crippen molar-refractivity contribution < 1.29 is 29.1 Å². The fraction of sp³-hybridized carbons (Fsp3) is 0.320. The molecule has 0 aliphatic rings. The molecular formula is C25H29N3O6. The van der Waals surface area contributed by atoms with Crippen molar-refractivity contribution in [3.8, 4) is 17.6 Å². The molecule has 2 aromatic carbocycles. The van der Waals surface area contributed by atoms with Crippen molar-refractivity contribution in [3.05, 3.63) is 65.2 Å². The topological polar surface area (TPSA) is 126 Å². The monoisotopic (exact) mass is 467 g/mol. The standard InChI is InChI=1S/C25H29N3O6/c1-33-17-3-4-18-5-9-20(10-6-18)24(30)27-22(13-14-23(29)28-32)25(31)26-16-15-19-7-11-21(34-2)12-8-19/h5-12,22,32H,13-17H2,1-2H3,(H,26,31)(H,27,30)(H,28,29). The number of benzene rings is 2. The SMILES string of the molecule is COCC#Cc1ccc(C(=O)NC(CCC(=O)NO)C(=O)NCCc2ccc(OC)cc2)cc1. The van der Waals surface area contributed by atoms with E-state index in [1.165, 1.54) is 5.48 Å². The van der Waals surface area contributed by atoms with Crippen molar-refractivity contribution in [2.24, 2.45) is 0 Å². The molecule has 0 radical (unpaired) electrons. The van der Waals surface area contributed by atoms with E-state index >= 15 is 0 Å². The van der Waals surface area contributed by atoms with Gasteiger partial charge in [-0.15, -0.1) is 0 Å².